The summed E-state index contributed by atoms with van der Waals surface area (Å²) >= 11 is 1.48. The minimum absolute atomic E-state index is 0.219. The van der Waals surface area contributed by atoms with Gasteiger partial charge in [0.2, 0.25) is 5.16 Å². The monoisotopic (exact) mass is 348 g/mol. The lowest BCUT2D eigenvalue weighted by Crippen LogP contribution is -2.48. The summed E-state index contributed by atoms with van der Waals surface area (Å²) in [5, 5.41) is 15.4. The largest absolute Gasteiger partial charge is 0.391 e. The summed E-state index contributed by atoms with van der Waals surface area (Å²) in [6.45, 7) is 6.54. The number of nitrogens with zero attached hydrogens (tertiary/aromatic N) is 4. The third-order valence-electron chi connectivity index (χ3n) is 3.86. The Morgan fingerprint density at radius 3 is 2.67 bits per heavy atom. The number of rotatable bonds is 6. The van der Waals surface area contributed by atoms with Crippen molar-refractivity contribution in [3.05, 3.63) is 36.7 Å². The Kier molecular flexibility index (Phi) is 5.89. The fraction of sp³-hybridized carbons (Fsp3) is 0.529. The van der Waals surface area contributed by atoms with Gasteiger partial charge in [0.25, 0.3) is 0 Å². The molecule has 1 aliphatic heterocycles. The van der Waals surface area contributed by atoms with Gasteiger partial charge >= 0.3 is 0 Å². The number of benzene rings is 1. The molecule has 1 aliphatic rings. The highest BCUT2D eigenvalue weighted by Gasteiger charge is 2.23. The molecule has 0 saturated carbocycles. The molecule has 2 aromatic rings. The van der Waals surface area contributed by atoms with Crippen molar-refractivity contribution < 1.29 is 9.84 Å². The van der Waals surface area contributed by atoms with Crippen molar-refractivity contribution in [2.75, 3.05) is 25.4 Å². The number of ether oxygens (including phenoxy) is 1. The predicted octanol–water partition coefficient (Wildman–Crippen LogP) is 1.83. The van der Waals surface area contributed by atoms with Gasteiger partial charge in [-0.1, -0.05) is 30.0 Å². The second-order valence-electron chi connectivity index (χ2n) is 6.25. The number of hydrogen-bond acceptors (Lipinski definition) is 6. The van der Waals surface area contributed by atoms with E-state index in [4.69, 9.17) is 4.74 Å². The molecule has 1 fully saturated rings. The molecule has 1 saturated heterocycles. The van der Waals surface area contributed by atoms with Gasteiger partial charge in [-0.2, -0.15) is 0 Å². The lowest BCUT2D eigenvalue weighted by molar-refractivity contribution is -0.0750. The molecule has 7 heteroatoms. The van der Waals surface area contributed by atoms with E-state index in [1.54, 1.807) is 11.0 Å². The number of aliphatic hydroxyl groups is 1. The predicted molar refractivity (Wildman–Crippen MR) is 94.5 cm³/mol. The molecule has 0 bridgehead atoms. The first-order chi connectivity index (χ1) is 11.6. The van der Waals surface area contributed by atoms with Crippen molar-refractivity contribution in [1.29, 1.82) is 0 Å². The molecule has 0 radical (unpaired) electrons. The lowest BCUT2D eigenvalue weighted by atomic mass is 10.2. The summed E-state index contributed by atoms with van der Waals surface area (Å²) in [4.78, 5) is 6.57. The average Bonchev–Trinajstić information content (AvgIpc) is 3.02. The molecule has 3 atom stereocenters. The molecule has 2 heterocycles. The van der Waals surface area contributed by atoms with Crippen LogP contribution in [0.2, 0.25) is 0 Å². The van der Waals surface area contributed by atoms with Crippen LogP contribution < -0.4 is 0 Å². The number of aromatic nitrogens is 3. The fourth-order valence-electron chi connectivity index (χ4n) is 2.97. The molecule has 1 aromatic heterocycles. The molecule has 0 amide bonds. The van der Waals surface area contributed by atoms with E-state index in [0.29, 0.717) is 17.5 Å². The average molecular weight is 348 g/mol. The van der Waals surface area contributed by atoms with Crippen LogP contribution in [0.1, 0.15) is 13.8 Å². The van der Waals surface area contributed by atoms with Crippen molar-refractivity contribution in [2.45, 2.75) is 37.3 Å². The van der Waals surface area contributed by atoms with Crippen LogP contribution in [0, 0.1) is 0 Å². The molecule has 3 rings (SSSR count). The highest BCUT2D eigenvalue weighted by molar-refractivity contribution is 7.99. The first-order valence-corrected chi connectivity index (χ1v) is 9.24. The van der Waals surface area contributed by atoms with Gasteiger partial charge in [0, 0.05) is 25.4 Å². The van der Waals surface area contributed by atoms with Gasteiger partial charge < -0.3 is 9.84 Å². The molecule has 24 heavy (non-hydrogen) atoms. The molecule has 130 valence electrons. The normalized spacial score (nSPS) is 23.3. The van der Waals surface area contributed by atoms with Gasteiger partial charge in [-0.3, -0.25) is 4.90 Å². The van der Waals surface area contributed by atoms with Gasteiger partial charge in [-0.15, -0.1) is 5.10 Å². The molecule has 0 aliphatic carbocycles. The second-order valence-corrected chi connectivity index (χ2v) is 7.24. The smallest absolute Gasteiger partial charge is 0.208 e. The van der Waals surface area contributed by atoms with E-state index < -0.39 is 6.10 Å². The van der Waals surface area contributed by atoms with Gasteiger partial charge in [-0.05, 0) is 26.0 Å². The summed E-state index contributed by atoms with van der Waals surface area (Å²) in [7, 11) is 0. The maximum atomic E-state index is 10.3. The highest BCUT2D eigenvalue weighted by atomic mass is 32.2. The standard InChI is InChI=1S/C17H24N4O2S/c1-13-8-20(9-14(2)23-13)10-16(22)11-24-17-18-12-21(19-17)15-6-4-3-5-7-15/h3-7,12-14,16,22H,8-11H2,1-2H3/t13-,14-,16+/m1/s1. The van der Waals surface area contributed by atoms with E-state index in [2.05, 4.69) is 28.8 Å². The van der Waals surface area contributed by atoms with Crippen molar-refractivity contribution in [2.24, 2.45) is 0 Å². The third kappa shape index (κ3) is 4.80. The molecule has 0 spiro atoms. The summed E-state index contributed by atoms with van der Waals surface area (Å²) in [5.41, 5.74) is 0.980. The third-order valence-corrected chi connectivity index (χ3v) is 4.86. The van der Waals surface area contributed by atoms with Crippen LogP contribution in [-0.2, 0) is 4.74 Å². The topological polar surface area (TPSA) is 63.4 Å². The van der Waals surface area contributed by atoms with Crippen molar-refractivity contribution in [3.63, 3.8) is 0 Å². The van der Waals surface area contributed by atoms with Crippen molar-refractivity contribution >= 4 is 11.8 Å². The maximum Gasteiger partial charge on any atom is 0.208 e. The molecule has 1 N–H and O–H groups in total. The second kappa shape index (κ2) is 8.11. The van der Waals surface area contributed by atoms with Gasteiger partial charge in [0.1, 0.15) is 6.33 Å². The highest BCUT2D eigenvalue weighted by Crippen LogP contribution is 2.17. The van der Waals surface area contributed by atoms with E-state index >= 15 is 0 Å². The number of para-hydroxylation sites is 1. The summed E-state index contributed by atoms with van der Waals surface area (Å²) in [5.74, 6) is 0.582. The minimum Gasteiger partial charge on any atom is -0.391 e. The van der Waals surface area contributed by atoms with E-state index in [0.717, 1.165) is 18.8 Å². The number of morpholine rings is 1. The van der Waals surface area contributed by atoms with Gasteiger partial charge in [0.15, 0.2) is 0 Å². The van der Waals surface area contributed by atoms with E-state index in [9.17, 15) is 5.11 Å². The minimum atomic E-state index is -0.406. The van der Waals surface area contributed by atoms with E-state index in [1.165, 1.54) is 11.8 Å². The number of hydrogen-bond donors (Lipinski definition) is 1. The fourth-order valence-corrected chi connectivity index (χ4v) is 3.69. The van der Waals surface area contributed by atoms with Crippen LogP contribution in [0.25, 0.3) is 5.69 Å². The molecular weight excluding hydrogens is 324 g/mol. The zero-order valence-electron chi connectivity index (χ0n) is 14.1. The first kappa shape index (κ1) is 17.4. The van der Waals surface area contributed by atoms with Crippen LogP contribution in [0.5, 0.6) is 0 Å². The van der Waals surface area contributed by atoms with Crippen LogP contribution >= 0.6 is 11.8 Å². The summed E-state index contributed by atoms with van der Waals surface area (Å²) < 4.78 is 7.47. The number of β-amino-alcohol motifs (C(OH)–C–C–N with tert-alkyl or cyclic N) is 1. The summed E-state index contributed by atoms with van der Waals surface area (Å²) in [6.07, 6.45) is 1.74. The Morgan fingerprint density at radius 2 is 1.96 bits per heavy atom. The Balaban J connectivity index is 1.48. The molecule has 1 aromatic carbocycles. The van der Waals surface area contributed by atoms with E-state index in [1.807, 2.05) is 30.3 Å². The van der Waals surface area contributed by atoms with E-state index in [-0.39, 0.29) is 12.2 Å². The first-order valence-electron chi connectivity index (χ1n) is 8.26. The van der Waals surface area contributed by atoms with Crippen molar-refractivity contribution in [1.82, 2.24) is 19.7 Å². The summed E-state index contributed by atoms with van der Waals surface area (Å²) in [6, 6.07) is 9.88. The quantitative estimate of drug-likeness (QED) is 0.804. The lowest BCUT2D eigenvalue weighted by Gasteiger charge is -2.36. The van der Waals surface area contributed by atoms with Crippen LogP contribution in [0.3, 0.4) is 0 Å². The SMILES string of the molecule is C[C@@H]1CN(C[C@H](O)CSc2ncn(-c3ccccc3)n2)C[C@@H](C)O1. The Bertz CT molecular complexity index is 627. The number of aliphatic hydroxyl groups excluding tert-OH is 1. The van der Waals surface area contributed by atoms with Crippen molar-refractivity contribution in [3.8, 4) is 5.69 Å². The van der Waals surface area contributed by atoms with Gasteiger partial charge in [-0.25, -0.2) is 9.67 Å². The molecule has 0 unspecified atom stereocenters. The maximum absolute atomic E-state index is 10.3. The Labute approximate surface area is 146 Å². The Morgan fingerprint density at radius 1 is 1.25 bits per heavy atom. The zero-order valence-corrected chi connectivity index (χ0v) is 14.9. The van der Waals surface area contributed by atoms with Gasteiger partial charge in [0.05, 0.1) is 24.0 Å². The van der Waals surface area contributed by atoms with Crippen LogP contribution in [-0.4, -0.2) is 68.5 Å². The van der Waals surface area contributed by atoms with Crippen LogP contribution in [0.4, 0.5) is 0 Å². The molecular formula is C17H24N4O2S. The zero-order chi connectivity index (χ0) is 16.9. The molecule has 6 nitrogen and oxygen atoms in total. The van der Waals surface area contributed by atoms with Crippen LogP contribution in [0.15, 0.2) is 41.8 Å². The Hall–Kier alpha value is -1.41. The number of thioether (sulfide) groups is 1.